The summed E-state index contributed by atoms with van der Waals surface area (Å²) in [4.78, 5) is 40.2. The fourth-order valence-corrected chi connectivity index (χ4v) is 3.14. The van der Waals surface area contributed by atoms with Gasteiger partial charge in [-0.25, -0.2) is 0 Å². The summed E-state index contributed by atoms with van der Waals surface area (Å²) in [6.45, 7) is 6.36. The maximum absolute atomic E-state index is 12.6. The fraction of sp³-hybridized carbons (Fsp3) is 0.550. The molecule has 1 aromatic carbocycles. The van der Waals surface area contributed by atoms with Crippen LogP contribution in [0.5, 0.6) is 0 Å². The molecular formula is C20H27ClN2O4. The zero-order valence-corrected chi connectivity index (χ0v) is 17.1. The Hall–Kier alpha value is -2.08. The minimum Gasteiger partial charge on any atom is -0.460 e. The van der Waals surface area contributed by atoms with Gasteiger partial charge in [0.05, 0.1) is 0 Å². The van der Waals surface area contributed by atoms with Crippen molar-refractivity contribution in [3.05, 3.63) is 29.3 Å². The van der Waals surface area contributed by atoms with Crippen molar-refractivity contribution in [3.8, 4) is 0 Å². The molecule has 2 rings (SSSR count). The lowest BCUT2D eigenvalue weighted by Gasteiger charge is -2.22. The van der Waals surface area contributed by atoms with Gasteiger partial charge in [-0.2, -0.15) is 0 Å². The number of hydrogen-bond acceptors (Lipinski definition) is 4. The van der Waals surface area contributed by atoms with Crippen LogP contribution in [0.4, 0.5) is 5.69 Å². The Bertz CT molecular complexity index is 697. The minimum absolute atomic E-state index is 0.193. The number of anilines is 1. The average Bonchev–Trinajstić information content (AvgIpc) is 2.94. The van der Waals surface area contributed by atoms with E-state index in [9.17, 15) is 14.4 Å². The van der Waals surface area contributed by atoms with Crippen LogP contribution in [-0.2, 0) is 19.1 Å². The Balaban J connectivity index is 1.85. The van der Waals surface area contributed by atoms with E-state index in [1.165, 1.54) is 4.90 Å². The van der Waals surface area contributed by atoms with Crippen molar-refractivity contribution in [2.75, 3.05) is 25.0 Å². The Labute approximate surface area is 165 Å². The van der Waals surface area contributed by atoms with Crippen LogP contribution in [-0.4, -0.2) is 48.4 Å². The third-order valence-electron chi connectivity index (χ3n) is 4.31. The van der Waals surface area contributed by atoms with Crippen LogP contribution >= 0.6 is 11.6 Å². The van der Waals surface area contributed by atoms with Gasteiger partial charge in [-0.1, -0.05) is 11.6 Å². The zero-order chi connectivity index (χ0) is 20.2. The summed E-state index contributed by atoms with van der Waals surface area (Å²) in [5.74, 6) is -1.36. The van der Waals surface area contributed by atoms with Crippen LogP contribution in [0.1, 0.15) is 40.0 Å². The third kappa shape index (κ3) is 5.96. The van der Waals surface area contributed by atoms with E-state index in [4.69, 9.17) is 16.3 Å². The number of hydrogen-bond donors (Lipinski definition) is 0. The Morgan fingerprint density at radius 1 is 1.26 bits per heavy atom. The molecule has 0 radical (unpaired) electrons. The van der Waals surface area contributed by atoms with Crippen molar-refractivity contribution in [1.82, 2.24) is 4.90 Å². The van der Waals surface area contributed by atoms with Crippen molar-refractivity contribution in [3.63, 3.8) is 0 Å². The fourth-order valence-electron chi connectivity index (χ4n) is 3.02. The lowest BCUT2D eigenvalue weighted by Crippen LogP contribution is -2.38. The molecular weight excluding hydrogens is 368 g/mol. The first-order valence-electron chi connectivity index (χ1n) is 9.12. The lowest BCUT2D eigenvalue weighted by atomic mass is 10.1. The number of carbonyl (C=O) groups is 3. The third-order valence-corrected chi connectivity index (χ3v) is 4.56. The van der Waals surface area contributed by atoms with Gasteiger partial charge < -0.3 is 14.5 Å². The first-order chi connectivity index (χ1) is 12.6. The lowest BCUT2D eigenvalue weighted by molar-refractivity contribution is -0.155. The molecule has 0 saturated carbocycles. The second kappa shape index (κ2) is 8.74. The van der Waals surface area contributed by atoms with E-state index >= 15 is 0 Å². The van der Waals surface area contributed by atoms with E-state index in [0.29, 0.717) is 31.0 Å². The predicted octanol–water partition coefficient (Wildman–Crippen LogP) is 3.27. The Morgan fingerprint density at radius 2 is 1.89 bits per heavy atom. The average molecular weight is 395 g/mol. The van der Waals surface area contributed by atoms with Gasteiger partial charge in [-0.3, -0.25) is 14.4 Å². The van der Waals surface area contributed by atoms with Crippen LogP contribution < -0.4 is 4.90 Å². The summed E-state index contributed by atoms with van der Waals surface area (Å²) in [5.41, 5.74) is 0.229. The largest absolute Gasteiger partial charge is 0.460 e. The van der Waals surface area contributed by atoms with Crippen molar-refractivity contribution in [2.24, 2.45) is 5.92 Å². The molecule has 0 aromatic heterocycles. The van der Waals surface area contributed by atoms with E-state index in [2.05, 4.69) is 0 Å². The molecule has 1 fully saturated rings. The standard InChI is InChI=1S/C20H27ClN2O4/c1-20(2,3)27-17(24)6-5-12-22(4)18(25)16-11-13-23(19(16)26)15-9-7-14(21)8-10-15/h7-10,16H,5-6,11-13H2,1-4H3. The van der Waals surface area contributed by atoms with Gasteiger partial charge in [0.25, 0.3) is 0 Å². The highest BCUT2D eigenvalue weighted by Gasteiger charge is 2.38. The smallest absolute Gasteiger partial charge is 0.306 e. The first-order valence-corrected chi connectivity index (χ1v) is 9.50. The highest BCUT2D eigenvalue weighted by Crippen LogP contribution is 2.27. The summed E-state index contributed by atoms with van der Waals surface area (Å²) in [7, 11) is 1.66. The normalized spacial score (nSPS) is 17.1. The van der Waals surface area contributed by atoms with Crippen LogP contribution in [0.15, 0.2) is 24.3 Å². The number of amides is 2. The molecule has 0 spiro atoms. The number of esters is 1. The molecule has 148 valence electrons. The van der Waals surface area contributed by atoms with E-state index in [0.717, 1.165) is 5.69 Å². The van der Waals surface area contributed by atoms with Crippen molar-refractivity contribution in [1.29, 1.82) is 0 Å². The van der Waals surface area contributed by atoms with E-state index < -0.39 is 11.5 Å². The van der Waals surface area contributed by atoms with Gasteiger partial charge in [0, 0.05) is 37.3 Å². The quantitative estimate of drug-likeness (QED) is 0.548. The van der Waals surface area contributed by atoms with Crippen molar-refractivity contribution < 1.29 is 19.1 Å². The van der Waals surface area contributed by atoms with Crippen molar-refractivity contribution >= 4 is 35.1 Å². The summed E-state index contributed by atoms with van der Waals surface area (Å²) in [5, 5.41) is 0.600. The highest BCUT2D eigenvalue weighted by molar-refractivity contribution is 6.30. The summed E-state index contributed by atoms with van der Waals surface area (Å²) in [6.07, 6.45) is 1.22. The Morgan fingerprint density at radius 3 is 2.48 bits per heavy atom. The molecule has 0 bridgehead atoms. The number of halogens is 1. The van der Waals surface area contributed by atoms with Crippen molar-refractivity contribution in [2.45, 2.75) is 45.6 Å². The van der Waals surface area contributed by atoms with E-state index in [-0.39, 0.29) is 24.2 Å². The van der Waals surface area contributed by atoms with Gasteiger partial charge >= 0.3 is 5.97 Å². The van der Waals surface area contributed by atoms with Crippen LogP contribution in [0, 0.1) is 5.92 Å². The molecule has 2 amide bonds. The van der Waals surface area contributed by atoms with Gasteiger partial charge in [0.2, 0.25) is 11.8 Å². The second-order valence-corrected chi connectivity index (χ2v) is 8.19. The molecule has 1 unspecified atom stereocenters. The molecule has 1 aliphatic rings. The molecule has 1 heterocycles. The molecule has 7 heteroatoms. The molecule has 1 atom stereocenters. The topological polar surface area (TPSA) is 66.9 Å². The SMILES string of the molecule is CN(CCCC(=O)OC(C)(C)C)C(=O)C1CCN(c2ccc(Cl)cc2)C1=O. The maximum atomic E-state index is 12.6. The van der Waals surface area contributed by atoms with Crippen LogP contribution in [0.3, 0.4) is 0 Å². The van der Waals surface area contributed by atoms with Crippen LogP contribution in [0.25, 0.3) is 0 Å². The van der Waals surface area contributed by atoms with Gasteiger partial charge in [-0.15, -0.1) is 0 Å². The predicted molar refractivity (Wildman–Crippen MR) is 105 cm³/mol. The first kappa shape index (κ1) is 21.2. The number of carbonyl (C=O) groups excluding carboxylic acids is 3. The summed E-state index contributed by atoms with van der Waals surface area (Å²) in [6, 6.07) is 7.00. The summed E-state index contributed by atoms with van der Waals surface area (Å²) < 4.78 is 5.26. The minimum atomic E-state index is -0.674. The Kier molecular flexibility index (Phi) is 6.87. The van der Waals surface area contributed by atoms with Gasteiger partial charge in [0.1, 0.15) is 11.5 Å². The number of benzene rings is 1. The second-order valence-electron chi connectivity index (χ2n) is 7.76. The summed E-state index contributed by atoms with van der Waals surface area (Å²) >= 11 is 5.88. The van der Waals surface area contributed by atoms with Gasteiger partial charge in [0.15, 0.2) is 0 Å². The van der Waals surface area contributed by atoms with E-state index in [1.54, 1.807) is 36.2 Å². The number of ether oxygens (including phenoxy) is 1. The van der Waals surface area contributed by atoms with Gasteiger partial charge in [-0.05, 0) is 57.9 Å². The number of nitrogens with zero attached hydrogens (tertiary/aromatic N) is 2. The van der Waals surface area contributed by atoms with E-state index in [1.807, 2.05) is 20.8 Å². The molecule has 1 aromatic rings. The van der Waals surface area contributed by atoms with Crippen LogP contribution in [0.2, 0.25) is 5.02 Å². The number of rotatable bonds is 6. The molecule has 0 N–H and O–H groups in total. The monoisotopic (exact) mass is 394 g/mol. The zero-order valence-electron chi connectivity index (χ0n) is 16.3. The highest BCUT2D eigenvalue weighted by atomic mass is 35.5. The molecule has 1 aliphatic heterocycles. The molecule has 27 heavy (non-hydrogen) atoms. The molecule has 6 nitrogen and oxygen atoms in total. The molecule has 1 saturated heterocycles. The molecule has 0 aliphatic carbocycles. The maximum Gasteiger partial charge on any atom is 0.306 e.